The average Bonchev–Trinajstić information content (AvgIpc) is 3.20. The Hall–Kier alpha value is -4.14. The Bertz CT molecular complexity index is 1250. The monoisotopic (exact) mass is 481 g/mol. The van der Waals surface area contributed by atoms with Crippen molar-refractivity contribution in [2.24, 2.45) is 5.92 Å². The summed E-state index contributed by atoms with van der Waals surface area (Å²) in [6.07, 6.45) is -4.53. The molecule has 1 fully saturated rings. The summed E-state index contributed by atoms with van der Waals surface area (Å²) in [5.74, 6) is -1.73. The SMILES string of the molecule is O=C(Nc1ccccc1NC(=O)C1CC(=O)N(Cc2cccc(C(F)(F)F)c2)C1)c1ccccc1. The molecule has 1 saturated heterocycles. The predicted octanol–water partition coefficient (Wildman–Crippen LogP) is 4.94. The van der Waals surface area contributed by atoms with Crippen LogP contribution in [0.1, 0.15) is 27.9 Å². The molecule has 0 spiro atoms. The largest absolute Gasteiger partial charge is 0.416 e. The topological polar surface area (TPSA) is 78.5 Å². The lowest BCUT2D eigenvalue weighted by Gasteiger charge is -2.18. The van der Waals surface area contributed by atoms with E-state index in [1.165, 1.54) is 17.0 Å². The molecule has 35 heavy (non-hydrogen) atoms. The van der Waals surface area contributed by atoms with Crippen LogP contribution in [0.25, 0.3) is 0 Å². The van der Waals surface area contributed by atoms with Gasteiger partial charge < -0.3 is 15.5 Å². The van der Waals surface area contributed by atoms with Gasteiger partial charge >= 0.3 is 6.18 Å². The fourth-order valence-electron chi connectivity index (χ4n) is 3.89. The molecule has 1 unspecified atom stereocenters. The number of rotatable bonds is 6. The third-order valence-corrected chi connectivity index (χ3v) is 5.68. The lowest BCUT2D eigenvalue weighted by atomic mass is 10.1. The molecule has 1 atom stereocenters. The van der Waals surface area contributed by atoms with E-state index in [0.29, 0.717) is 22.5 Å². The van der Waals surface area contributed by atoms with Crippen molar-refractivity contribution in [3.05, 3.63) is 95.6 Å². The van der Waals surface area contributed by atoms with Crippen LogP contribution in [0.15, 0.2) is 78.9 Å². The molecule has 1 aliphatic rings. The molecule has 3 aromatic carbocycles. The third-order valence-electron chi connectivity index (χ3n) is 5.68. The van der Waals surface area contributed by atoms with Crippen LogP contribution in [-0.4, -0.2) is 29.2 Å². The molecule has 4 rings (SSSR count). The summed E-state index contributed by atoms with van der Waals surface area (Å²) in [4.78, 5) is 39.3. The van der Waals surface area contributed by atoms with Crippen LogP contribution < -0.4 is 10.6 Å². The molecule has 0 aliphatic carbocycles. The molecular formula is C26H22F3N3O3. The minimum atomic E-state index is -4.48. The number of benzene rings is 3. The number of nitrogens with zero attached hydrogens (tertiary/aromatic N) is 1. The minimum Gasteiger partial charge on any atom is -0.338 e. The van der Waals surface area contributed by atoms with Crippen LogP contribution in [0.3, 0.4) is 0 Å². The second-order valence-electron chi connectivity index (χ2n) is 8.23. The molecule has 9 heteroatoms. The van der Waals surface area contributed by atoms with E-state index in [2.05, 4.69) is 10.6 Å². The molecule has 0 bridgehead atoms. The summed E-state index contributed by atoms with van der Waals surface area (Å²) in [6, 6.07) is 20.1. The zero-order valence-corrected chi connectivity index (χ0v) is 18.5. The smallest absolute Gasteiger partial charge is 0.338 e. The number of halogens is 3. The van der Waals surface area contributed by atoms with Crippen LogP contribution in [-0.2, 0) is 22.3 Å². The van der Waals surface area contributed by atoms with Crippen LogP contribution in [0.5, 0.6) is 0 Å². The van der Waals surface area contributed by atoms with Crippen LogP contribution >= 0.6 is 0 Å². The van der Waals surface area contributed by atoms with E-state index in [1.807, 2.05) is 0 Å². The number of carbonyl (C=O) groups is 3. The summed E-state index contributed by atoms with van der Waals surface area (Å²) in [5, 5.41) is 5.53. The van der Waals surface area contributed by atoms with Crippen molar-refractivity contribution in [1.82, 2.24) is 4.90 Å². The molecule has 0 saturated carbocycles. The summed E-state index contributed by atoms with van der Waals surface area (Å²) in [7, 11) is 0. The van der Waals surface area contributed by atoms with Crippen LogP contribution in [0.4, 0.5) is 24.5 Å². The van der Waals surface area contributed by atoms with Crippen LogP contribution in [0, 0.1) is 5.92 Å². The Kier molecular flexibility index (Phi) is 6.86. The number of para-hydroxylation sites is 2. The molecule has 1 aliphatic heterocycles. The molecule has 6 nitrogen and oxygen atoms in total. The van der Waals surface area contributed by atoms with Gasteiger partial charge in [-0.2, -0.15) is 13.2 Å². The van der Waals surface area contributed by atoms with Gasteiger partial charge in [-0.15, -0.1) is 0 Å². The molecular weight excluding hydrogens is 459 g/mol. The third kappa shape index (κ3) is 5.87. The van der Waals surface area contributed by atoms with Crippen molar-refractivity contribution in [1.29, 1.82) is 0 Å². The number of carbonyl (C=O) groups excluding carboxylic acids is 3. The van der Waals surface area contributed by atoms with Crippen molar-refractivity contribution in [3.8, 4) is 0 Å². The summed E-state index contributed by atoms with van der Waals surface area (Å²) >= 11 is 0. The van der Waals surface area contributed by atoms with E-state index in [0.717, 1.165) is 12.1 Å². The standard InChI is InChI=1S/C26H22F3N3O3/c27-26(28,29)20-10-6-7-17(13-20)15-32-16-19(14-23(32)33)25(35)31-22-12-5-4-11-21(22)30-24(34)18-8-2-1-3-9-18/h1-13,19H,14-16H2,(H,30,34)(H,31,35). The Morgan fingerprint density at radius 2 is 1.54 bits per heavy atom. The molecule has 2 N–H and O–H groups in total. The number of alkyl halides is 3. The zero-order valence-electron chi connectivity index (χ0n) is 18.5. The first-order chi connectivity index (χ1) is 16.7. The first kappa shape index (κ1) is 24.0. The highest BCUT2D eigenvalue weighted by Gasteiger charge is 2.35. The molecule has 1 heterocycles. The van der Waals surface area contributed by atoms with Gasteiger partial charge in [0.05, 0.1) is 22.9 Å². The number of hydrogen-bond donors (Lipinski definition) is 2. The number of likely N-dealkylation sites (tertiary alicyclic amines) is 1. The highest BCUT2D eigenvalue weighted by atomic mass is 19.4. The molecule has 0 aromatic heterocycles. The maximum Gasteiger partial charge on any atom is 0.416 e. The van der Waals surface area contributed by atoms with Gasteiger partial charge in [-0.1, -0.05) is 42.5 Å². The van der Waals surface area contributed by atoms with E-state index in [1.54, 1.807) is 54.6 Å². The van der Waals surface area contributed by atoms with Gasteiger partial charge in [0.25, 0.3) is 5.91 Å². The van der Waals surface area contributed by atoms with Crippen molar-refractivity contribution in [3.63, 3.8) is 0 Å². The van der Waals surface area contributed by atoms with Crippen LogP contribution in [0.2, 0.25) is 0 Å². The fourth-order valence-corrected chi connectivity index (χ4v) is 3.89. The number of amides is 3. The Balaban J connectivity index is 1.41. The van der Waals surface area contributed by atoms with E-state index >= 15 is 0 Å². The van der Waals surface area contributed by atoms with Crippen molar-refractivity contribution < 1.29 is 27.6 Å². The van der Waals surface area contributed by atoms with Gasteiger partial charge in [0.1, 0.15) is 0 Å². The second-order valence-corrected chi connectivity index (χ2v) is 8.23. The van der Waals surface area contributed by atoms with Gasteiger partial charge in [-0.3, -0.25) is 14.4 Å². The van der Waals surface area contributed by atoms with E-state index in [-0.39, 0.29) is 31.3 Å². The van der Waals surface area contributed by atoms with Gasteiger partial charge in [-0.05, 0) is 42.0 Å². The van der Waals surface area contributed by atoms with E-state index in [9.17, 15) is 27.6 Å². The average molecular weight is 481 g/mol. The highest BCUT2D eigenvalue weighted by Crippen LogP contribution is 2.31. The second kappa shape index (κ2) is 10.0. The first-order valence-electron chi connectivity index (χ1n) is 10.9. The number of nitrogens with one attached hydrogen (secondary N) is 2. The summed E-state index contributed by atoms with van der Waals surface area (Å²) in [5.41, 5.74) is 0.791. The minimum absolute atomic E-state index is 0.0176. The number of hydrogen-bond acceptors (Lipinski definition) is 3. The zero-order chi connectivity index (χ0) is 25.0. The maximum absolute atomic E-state index is 13.0. The fraction of sp³-hybridized carbons (Fsp3) is 0.192. The summed E-state index contributed by atoms with van der Waals surface area (Å²) in [6.45, 7) is 0.0652. The molecule has 3 amide bonds. The van der Waals surface area contributed by atoms with E-state index < -0.39 is 23.6 Å². The van der Waals surface area contributed by atoms with Crippen molar-refractivity contribution >= 4 is 29.1 Å². The Morgan fingerprint density at radius 3 is 2.23 bits per heavy atom. The normalized spacial score (nSPS) is 15.7. The van der Waals surface area contributed by atoms with E-state index in [4.69, 9.17) is 0 Å². The first-order valence-corrected chi connectivity index (χ1v) is 10.9. The molecule has 0 radical (unpaired) electrons. The van der Waals surface area contributed by atoms with Gasteiger partial charge in [0.15, 0.2) is 0 Å². The highest BCUT2D eigenvalue weighted by molar-refractivity contribution is 6.07. The predicted molar refractivity (Wildman–Crippen MR) is 124 cm³/mol. The molecule has 180 valence electrons. The van der Waals surface area contributed by atoms with Gasteiger partial charge in [0, 0.05) is 25.1 Å². The summed E-state index contributed by atoms with van der Waals surface area (Å²) < 4.78 is 38.9. The molecule has 3 aromatic rings. The lowest BCUT2D eigenvalue weighted by Crippen LogP contribution is -2.28. The maximum atomic E-state index is 13.0. The Morgan fingerprint density at radius 1 is 0.886 bits per heavy atom. The number of anilines is 2. The van der Waals surface area contributed by atoms with Crippen molar-refractivity contribution in [2.45, 2.75) is 19.1 Å². The van der Waals surface area contributed by atoms with Gasteiger partial charge in [-0.25, -0.2) is 0 Å². The Labute approximate surface area is 199 Å². The lowest BCUT2D eigenvalue weighted by molar-refractivity contribution is -0.137. The quantitative estimate of drug-likeness (QED) is 0.523. The van der Waals surface area contributed by atoms with Crippen molar-refractivity contribution in [2.75, 3.05) is 17.2 Å². The van der Waals surface area contributed by atoms with Gasteiger partial charge in [0.2, 0.25) is 11.8 Å².